The summed E-state index contributed by atoms with van der Waals surface area (Å²) in [7, 11) is -0.890. The molecule has 2 nitrogen and oxygen atoms in total. The van der Waals surface area contributed by atoms with Crippen LogP contribution in [0.4, 0.5) is 0 Å². The third-order valence-corrected chi connectivity index (χ3v) is 10.3. The first-order chi connectivity index (χ1) is 6.04. The predicted molar refractivity (Wildman–Crippen MR) is 51.5 cm³/mol. The fourth-order valence-corrected chi connectivity index (χ4v) is 11.2. The van der Waals surface area contributed by atoms with E-state index in [1.54, 1.807) is 0 Å². The molecule has 0 amide bonds. The van der Waals surface area contributed by atoms with Crippen molar-refractivity contribution in [2.24, 2.45) is 0 Å². The molecule has 0 N–H and O–H groups in total. The average Bonchev–Trinajstić information content (AvgIpc) is 2.69. The van der Waals surface area contributed by atoms with E-state index in [1.807, 2.05) is 0 Å². The first-order valence-corrected chi connectivity index (χ1v) is 8.23. The summed E-state index contributed by atoms with van der Waals surface area (Å²) in [5.41, 5.74) is 0.575. The summed E-state index contributed by atoms with van der Waals surface area (Å²) in [5, 5.41) is 0. The Labute approximate surface area is 79.6 Å². The number of rotatable bonds is 0. The highest BCUT2D eigenvalue weighted by molar-refractivity contribution is 6.82. The first-order valence-electron chi connectivity index (χ1n) is 5.40. The van der Waals surface area contributed by atoms with Crippen LogP contribution in [0.15, 0.2) is 0 Å². The van der Waals surface area contributed by atoms with Gasteiger partial charge in [-0.15, -0.1) is 0 Å². The van der Waals surface area contributed by atoms with Crippen molar-refractivity contribution in [3.63, 3.8) is 0 Å². The monoisotopic (exact) mass is 196 g/mol. The highest BCUT2D eigenvalue weighted by atomic mass is 28.3. The van der Waals surface area contributed by atoms with Gasteiger partial charge < -0.3 is 9.47 Å². The molecule has 4 aliphatic heterocycles. The molecule has 4 heterocycles. The van der Waals surface area contributed by atoms with Crippen LogP contribution in [0.2, 0.25) is 24.2 Å². The van der Waals surface area contributed by atoms with E-state index in [4.69, 9.17) is 9.47 Å². The maximum absolute atomic E-state index is 5.86. The van der Waals surface area contributed by atoms with Gasteiger partial charge in [-0.25, -0.2) is 0 Å². The third kappa shape index (κ3) is 0.737. The van der Waals surface area contributed by atoms with Crippen LogP contribution in [0.3, 0.4) is 0 Å². The second-order valence-electron chi connectivity index (χ2n) is 6.04. The van der Waals surface area contributed by atoms with E-state index in [0.717, 1.165) is 0 Å². The van der Waals surface area contributed by atoms with Gasteiger partial charge in [0.15, 0.2) is 0 Å². The van der Waals surface area contributed by atoms with Crippen molar-refractivity contribution < 1.29 is 9.47 Å². The summed E-state index contributed by atoms with van der Waals surface area (Å²) in [6, 6.07) is 5.75. The normalized spacial score (nSPS) is 72.5. The molecule has 1 spiro atoms. The lowest BCUT2D eigenvalue weighted by Crippen LogP contribution is -2.33. The average molecular weight is 196 g/mol. The summed E-state index contributed by atoms with van der Waals surface area (Å²) in [5.74, 6) is 0. The number of epoxide rings is 2. The van der Waals surface area contributed by atoms with Gasteiger partial charge in [0.2, 0.25) is 0 Å². The van der Waals surface area contributed by atoms with Crippen LogP contribution in [0, 0.1) is 0 Å². The standard InChI is InChI=1S/C10H16O2Si/c1-9-5-13(6-10(9,2)12-9)3-7-8(4-13)11-7/h7-8H,3-6H2,1-2H3. The van der Waals surface area contributed by atoms with Crippen LogP contribution in [-0.4, -0.2) is 31.5 Å². The molecule has 72 valence electrons. The molecule has 4 rings (SSSR count). The lowest BCUT2D eigenvalue weighted by Gasteiger charge is -2.25. The smallest absolute Gasteiger partial charge is 0.0923 e. The van der Waals surface area contributed by atoms with Crippen LogP contribution < -0.4 is 0 Å². The Kier molecular flexibility index (Phi) is 0.947. The highest BCUT2D eigenvalue weighted by Crippen LogP contribution is 2.68. The summed E-state index contributed by atoms with van der Waals surface area (Å²) in [6.07, 6.45) is 1.38. The van der Waals surface area contributed by atoms with Crippen molar-refractivity contribution in [2.45, 2.75) is 61.4 Å². The molecule has 0 saturated carbocycles. The molecule has 4 unspecified atom stereocenters. The minimum Gasteiger partial charge on any atom is -0.370 e. The SMILES string of the molecule is CC12C[Si]3(CC4OC4C3)CC1(C)O2. The Morgan fingerprint density at radius 2 is 1.62 bits per heavy atom. The zero-order chi connectivity index (χ0) is 8.90. The van der Waals surface area contributed by atoms with Gasteiger partial charge in [-0.3, -0.25) is 0 Å². The van der Waals surface area contributed by atoms with E-state index in [9.17, 15) is 0 Å². The second-order valence-corrected chi connectivity index (χ2v) is 10.6. The fraction of sp³-hybridized carbons (Fsp3) is 1.00. The Morgan fingerprint density at radius 1 is 1.08 bits per heavy atom. The Morgan fingerprint density at radius 3 is 2.15 bits per heavy atom. The van der Waals surface area contributed by atoms with Crippen molar-refractivity contribution in [3.05, 3.63) is 0 Å². The Balaban J connectivity index is 1.65. The largest absolute Gasteiger partial charge is 0.370 e. The van der Waals surface area contributed by atoms with Gasteiger partial charge in [-0.05, 0) is 38.0 Å². The van der Waals surface area contributed by atoms with E-state index in [2.05, 4.69) is 13.8 Å². The molecule has 0 aliphatic carbocycles. The molecule has 4 saturated heterocycles. The minimum absolute atomic E-state index is 0.288. The number of ether oxygens (including phenoxy) is 2. The van der Waals surface area contributed by atoms with Gasteiger partial charge >= 0.3 is 0 Å². The zero-order valence-corrected chi connectivity index (χ0v) is 9.30. The van der Waals surface area contributed by atoms with Crippen molar-refractivity contribution in [1.29, 1.82) is 0 Å². The second kappa shape index (κ2) is 1.66. The van der Waals surface area contributed by atoms with Crippen LogP contribution in [-0.2, 0) is 9.47 Å². The van der Waals surface area contributed by atoms with Gasteiger partial charge in [-0.1, -0.05) is 0 Å². The van der Waals surface area contributed by atoms with E-state index in [-0.39, 0.29) is 11.2 Å². The minimum atomic E-state index is -0.890. The maximum atomic E-state index is 5.86. The Bertz CT molecular complexity index is 277. The van der Waals surface area contributed by atoms with Gasteiger partial charge in [0.1, 0.15) is 0 Å². The van der Waals surface area contributed by atoms with Gasteiger partial charge in [0.05, 0.1) is 31.5 Å². The van der Waals surface area contributed by atoms with E-state index < -0.39 is 8.07 Å². The highest BCUT2D eigenvalue weighted by Gasteiger charge is 2.76. The van der Waals surface area contributed by atoms with Crippen molar-refractivity contribution in [3.8, 4) is 0 Å². The lowest BCUT2D eigenvalue weighted by molar-refractivity contribution is 0.280. The van der Waals surface area contributed by atoms with Crippen LogP contribution in [0.25, 0.3) is 0 Å². The number of fused-ring (bicyclic) bond motifs is 2. The predicted octanol–water partition coefficient (Wildman–Crippen LogP) is 1.78. The summed E-state index contributed by atoms with van der Waals surface area (Å²) >= 11 is 0. The van der Waals surface area contributed by atoms with Crippen molar-refractivity contribution >= 4 is 8.07 Å². The molecule has 0 aromatic heterocycles. The van der Waals surface area contributed by atoms with Crippen molar-refractivity contribution in [2.75, 3.05) is 0 Å². The maximum Gasteiger partial charge on any atom is 0.0923 e. The van der Waals surface area contributed by atoms with Crippen LogP contribution >= 0.6 is 0 Å². The molecule has 0 radical (unpaired) electrons. The first kappa shape index (κ1) is 7.43. The molecule has 4 aliphatic rings. The Hall–Kier alpha value is 0.137. The van der Waals surface area contributed by atoms with Gasteiger partial charge in [0, 0.05) is 0 Å². The summed E-state index contributed by atoms with van der Waals surface area (Å²) in [4.78, 5) is 0. The molecular formula is C10H16O2Si. The van der Waals surface area contributed by atoms with Crippen LogP contribution in [0.1, 0.15) is 13.8 Å². The quantitative estimate of drug-likeness (QED) is 0.436. The van der Waals surface area contributed by atoms with Gasteiger partial charge in [0.25, 0.3) is 0 Å². The zero-order valence-electron chi connectivity index (χ0n) is 8.30. The van der Waals surface area contributed by atoms with Crippen LogP contribution in [0.5, 0.6) is 0 Å². The van der Waals surface area contributed by atoms with Crippen molar-refractivity contribution in [1.82, 2.24) is 0 Å². The number of hydrogen-bond acceptors (Lipinski definition) is 2. The van der Waals surface area contributed by atoms with Gasteiger partial charge in [-0.2, -0.15) is 0 Å². The molecule has 4 atom stereocenters. The fourth-order valence-electron chi connectivity index (χ4n) is 4.18. The molecule has 4 fully saturated rings. The molecule has 13 heavy (non-hydrogen) atoms. The summed E-state index contributed by atoms with van der Waals surface area (Å²) < 4.78 is 11.4. The molecular weight excluding hydrogens is 180 g/mol. The third-order valence-electron chi connectivity index (χ3n) is 4.91. The molecule has 0 aromatic rings. The molecule has 0 aromatic carbocycles. The molecule has 3 heteroatoms. The topological polar surface area (TPSA) is 25.1 Å². The lowest BCUT2D eigenvalue weighted by atomic mass is 10.0. The van der Waals surface area contributed by atoms with E-state index >= 15 is 0 Å². The van der Waals surface area contributed by atoms with E-state index in [1.165, 1.54) is 24.2 Å². The molecule has 0 bridgehead atoms. The number of hydrogen-bond donors (Lipinski definition) is 0. The summed E-state index contributed by atoms with van der Waals surface area (Å²) in [6.45, 7) is 4.64. The van der Waals surface area contributed by atoms with E-state index in [0.29, 0.717) is 12.2 Å².